The Bertz CT molecular complexity index is 947. The Kier molecular flexibility index (Phi) is 7.89. The molecule has 0 unspecified atom stereocenters. The first-order valence-electron chi connectivity index (χ1n) is 11.9. The van der Waals surface area contributed by atoms with E-state index in [0.29, 0.717) is 23.7 Å². The number of para-hydroxylation sites is 1. The van der Waals surface area contributed by atoms with E-state index >= 15 is 0 Å². The number of ether oxygens (including phenoxy) is 3. The highest BCUT2D eigenvalue weighted by atomic mass is 16.5. The van der Waals surface area contributed by atoms with E-state index in [0.717, 1.165) is 64.2 Å². The van der Waals surface area contributed by atoms with Crippen LogP contribution < -0.4 is 14.2 Å². The van der Waals surface area contributed by atoms with Crippen molar-refractivity contribution in [1.29, 1.82) is 0 Å². The van der Waals surface area contributed by atoms with Gasteiger partial charge in [-0.25, -0.2) is 0 Å². The van der Waals surface area contributed by atoms with Gasteiger partial charge in [0, 0.05) is 44.4 Å². The largest absolute Gasteiger partial charge is 0.497 e. The Balaban J connectivity index is 1.38. The van der Waals surface area contributed by atoms with Crippen molar-refractivity contribution >= 4 is 5.91 Å². The zero-order valence-electron chi connectivity index (χ0n) is 19.5. The smallest absolute Gasteiger partial charge is 0.257 e. The Morgan fingerprint density at radius 3 is 2.55 bits per heavy atom. The lowest BCUT2D eigenvalue weighted by molar-refractivity contribution is 0.0764. The third-order valence-electron chi connectivity index (χ3n) is 6.36. The minimum atomic E-state index is 0.0544. The summed E-state index contributed by atoms with van der Waals surface area (Å²) in [7, 11) is 1.64. The number of carbonyl (C=O) groups is 1. The van der Waals surface area contributed by atoms with Crippen LogP contribution in [0.15, 0.2) is 55.1 Å². The Morgan fingerprint density at radius 2 is 1.82 bits per heavy atom. The average molecular weight is 451 g/mol. The molecule has 2 heterocycles. The molecule has 4 rings (SSSR count). The summed E-state index contributed by atoms with van der Waals surface area (Å²) in [5, 5.41) is 0. The molecule has 2 aliphatic heterocycles. The molecule has 176 valence electrons. The normalized spacial score (nSPS) is 17.1. The number of likely N-dealkylation sites (tertiary alicyclic amines) is 2. The van der Waals surface area contributed by atoms with Gasteiger partial charge in [0.1, 0.15) is 30.0 Å². The second-order valence-electron chi connectivity index (χ2n) is 8.66. The van der Waals surface area contributed by atoms with E-state index in [1.165, 1.54) is 5.56 Å². The maximum absolute atomic E-state index is 13.1. The maximum atomic E-state index is 13.1. The van der Waals surface area contributed by atoms with Crippen LogP contribution >= 0.6 is 0 Å². The number of hydrogen-bond acceptors (Lipinski definition) is 5. The molecule has 2 aliphatic rings. The first-order chi connectivity index (χ1) is 16.2. The van der Waals surface area contributed by atoms with Gasteiger partial charge in [0.15, 0.2) is 0 Å². The lowest BCUT2D eigenvalue weighted by Crippen LogP contribution is -2.38. The summed E-state index contributed by atoms with van der Waals surface area (Å²) in [6.07, 6.45) is 5.79. The number of rotatable bonds is 9. The number of benzene rings is 2. The van der Waals surface area contributed by atoms with Gasteiger partial charge in [-0.15, -0.1) is 0 Å². The van der Waals surface area contributed by atoms with E-state index in [-0.39, 0.29) is 12.0 Å². The first-order valence-corrected chi connectivity index (χ1v) is 11.9. The molecule has 0 N–H and O–H groups in total. The van der Waals surface area contributed by atoms with E-state index < -0.39 is 0 Å². The van der Waals surface area contributed by atoms with Crippen molar-refractivity contribution in [2.45, 2.75) is 38.3 Å². The van der Waals surface area contributed by atoms with Gasteiger partial charge in [-0.3, -0.25) is 9.69 Å². The molecule has 6 heteroatoms. The van der Waals surface area contributed by atoms with Crippen LogP contribution in [-0.4, -0.2) is 61.7 Å². The van der Waals surface area contributed by atoms with E-state index in [2.05, 4.69) is 17.5 Å². The van der Waals surface area contributed by atoms with Crippen molar-refractivity contribution in [2.75, 3.05) is 39.9 Å². The van der Waals surface area contributed by atoms with Crippen molar-refractivity contribution in [3.63, 3.8) is 0 Å². The lowest BCUT2D eigenvalue weighted by atomic mass is 10.1. The zero-order chi connectivity index (χ0) is 23.0. The Labute approximate surface area is 196 Å². The van der Waals surface area contributed by atoms with E-state index in [4.69, 9.17) is 14.2 Å². The van der Waals surface area contributed by atoms with Crippen molar-refractivity contribution in [2.24, 2.45) is 0 Å². The van der Waals surface area contributed by atoms with Crippen LogP contribution in [-0.2, 0) is 6.54 Å². The van der Waals surface area contributed by atoms with Crippen LogP contribution in [0.2, 0.25) is 0 Å². The Morgan fingerprint density at radius 1 is 1.06 bits per heavy atom. The molecule has 2 fully saturated rings. The minimum absolute atomic E-state index is 0.0544. The van der Waals surface area contributed by atoms with Gasteiger partial charge in [0.05, 0.1) is 12.7 Å². The summed E-state index contributed by atoms with van der Waals surface area (Å²) in [5.74, 6) is 2.31. The van der Waals surface area contributed by atoms with Gasteiger partial charge >= 0.3 is 0 Å². The third-order valence-corrected chi connectivity index (χ3v) is 6.36. The SMILES string of the molecule is C=CCOc1ccccc1CN1CCC(Oc2cc(OC)ccc2C(=O)N2CCCC2)CC1. The third kappa shape index (κ3) is 5.88. The molecule has 2 saturated heterocycles. The number of methoxy groups -OCH3 is 1. The summed E-state index contributed by atoms with van der Waals surface area (Å²) in [6.45, 7) is 8.59. The first kappa shape index (κ1) is 23.2. The molecule has 6 nitrogen and oxygen atoms in total. The summed E-state index contributed by atoms with van der Waals surface area (Å²) >= 11 is 0. The summed E-state index contributed by atoms with van der Waals surface area (Å²) in [4.78, 5) is 17.4. The van der Waals surface area contributed by atoms with Crippen LogP contribution in [0.1, 0.15) is 41.6 Å². The van der Waals surface area contributed by atoms with Crippen LogP contribution in [0.3, 0.4) is 0 Å². The molecule has 0 bridgehead atoms. The van der Waals surface area contributed by atoms with Gasteiger partial charge in [-0.1, -0.05) is 30.9 Å². The number of piperidine rings is 1. The van der Waals surface area contributed by atoms with Crippen LogP contribution in [0.25, 0.3) is 0 Å². The fourth-order valence-electron chi connectivity index (χ4n) is 4.52. The fourth-order valence-corrected chi connectivity index (χ4v) is 4.52. The molecule has 0 spiro atoms. The second-order valence-corrected chi connectivity index (χ2v) is 8.66. The summed E-state index contributed by atoms with van der Waals surface area (Å²) in [6, 6.07) is 13.7. The lowest BCUT2D eigenvalue weighted by Gasteiger charge is -2.33. The van der Waals surface area contributed by atoms with E-state index in [1.807, 2.05) is 41.3 Å². The monoisotopic (exact) mass is 450 g/mol. The molecule has 1 amide bonds. The zero-order valence-corrected chi connectivity index (χ0v) is 19.5. The van der Waals surface area contributed by atoms with E-state index in [9.17, 15) is 4.79 Å². The standard InChI is InChI=1S/C27H34N2O4/c1-3-18-32-25-9-5-4-8-21(25)20-28-16-12-22(13-17-28)33-26-19-23(31-2)10-11-24(26)27(30)29-14-6-7-15-29/h3-5,8-11,19,22H,1,6-7,12-18,20H2,2H3. The van der Waals surface area contributed by atoms with Crippen molar-refractivity contribution in [1.82, 2.24) is 9.80 Å². The fraction of sp³-hybridized carbons (Fsp3) is 0.444. The van der Waals surface area contributed by atoms with Crippen LogP contribution in [0.5, 0.6) is 17.2 Å². The number of amides is 1. The highest BCUT2D eigenvalue weighted by Crippen LogP contribution is 2.30. The highest BCUT2D eigenvalue weighted by molar-refractivity contribution is 5.97. The van der Waals surface area contributed by atoms with Gasteiger partial charge in [0.2, 0.25) is 0 Å². The Hall–Kier alpha value is -2.99. The molecule has 0 saturated carbocycles. The maximum Gasteiger partial charge on any atom is 0.257 e. The van der Waals surface area contributed by atoms with Crippen LogP contribution in [0, 0.1) is 0 Å². The molecular weight excluding hydrogens is 416 g/mol. The second kappa shape index (κ2) is 11.2. The van der Waals surface area contributed by atoms with Crippen molar-refractivity contribution in [3.05, 3.63) is 66.2 Å². The topological polar surface area (TPSA) is 51.2 Å². The highest BCUT2D eigenvalue weighted by Gasteiger charge is 2.26. The average Bonchev–Trinajstić information content (AvgIpc) is 3.39. The van der Waals surface area contributed by atoms with Gasteiger partial charge in [0.25, 0.3) is 5.91 Å². The molecule has 0 aromatic heterocycles. The quantitative estimate of drug-likeness (QED) is 0.525. The minimum Gasteiger partial charge on any atom is -0.497 e. The van der Waals surface area contributed by atoms with Gasteiger partial charge in [-0.05, 0) is 43.9 Å². The molecule has 2 aromatic carbocycles. The van der Waals surface area contributed by atoms with Gasteiger partial charge < -0.3 is 19.1 Å². The summed E-state index contributed by atoms with van der Waals surface area (Å²) in [5.41, 5.74) is 1.82. The van der Waals surface area contributed by atoms with Crippen molar-refractivity contribution < 1.29 is 19.0 Å². The number of nitrogens with zero attached hydrogens (tertiary/aromatic N) is 2. The number of hydrogen-bond donors (Lipinski definition) is 0. The predicted molar refractivity (Wildman–Crippen MR) is 129 cm³/mol. The molecule has 0 radical (unpaired) electrons. The van der Waals surface area contributed by atoms with E-state index in [1.54, 1.807) is 13.2 Å². The molecule has 33 heavy (non-hydrogen) atoms. The summed E-state index contributed by atoms with van der Waals surface area (Å²) < 4.78 is 17.6. The molecule has 0 aliphatic carbocycles. The predicted octanol–water partition coefficient (Wildman–Crippen LogP) is 4.54. The van der Waals surface area contributed by atoms with Crippen molar-refractivity contribution in [3.8, 4) is 17.2 Å². The molecule has 2 aromatic rings. The molecule has 0 atom stereocenters. The molecular formula is C27H34N2O4. The number of carbonyl (C=O) groups excluding carboxylic acids is 1. The van der Waals surface area contributed by atoms with Crippen LogP contribution in [0.4, 0.5) is 0 Å². The van der Waals surface area contributed by atoms with Gasteiger partial charge in [-0.2, -0.15) is 0 Å².